The Bertz CT molecular complexity index is 560. The molecular weight excluding hydrogens is 220 g/mol. The van der Waals surface area contributed by atoms with Crippen molar-refractivity contribution in [2.24, 2.45) is 0 Å². The lowest BCUT2D eigenvalue weighted by Gasteiger charge is -2.02. The van der Waals surface area contributed by atoms with E-state index in [1.165, 1.54) is 0 Å². The molecule has 2 rings (SSSR count). The van der Waals surface area contributed by atoms with Crippen LogP contribution in [-0.4, -0.2) is 34.2 Å². The summed E-state index contributed by atoms with van der Waals surface area (Å²) in [5.41, 5.74) is 1.67. The molecule has 90 valence electrons. The monoisotopic (exact) mass is 234 g/mol. The third kappa shape index (κ3) is 2.01. The number of ether oxygens (including phenoxy) is 1. The Kier molecular flexibility index (Phi) is 3.10. The lowest BCUT2D eigenvalue weighted by molar-refractivity contribution is 0.0693. The highest BCUT2D eigenvalue weighted by molar-refractivity contribution is 5.94. The van der Waals surface area contributed by atoms with Gasteiger partial charge < -0.3 is 14.2 Å². The van der Waals surface area contributed by atoms with Gasteiger partial charge in [-0.3, -0.25) is 0 Å². The molecule has 0 saturated heterocycles. The molecular formula is C12H14N2O3. The van der Waals surface area contributed by atoms with E-state index in [0.717, 1.165) is 5.56 Å². The Morgan fingerprint density at radius 1 is 1.59 bits per heavy atom. The molecule has 0 spiro atoms. The number of carbonyl (C=O) groups is 1. The van der Waals surface area contributed by atoms with Gasteiger partial charge in [0.25, 0.3) is 0 Å². The maximum absolute atomic E-state index is 11.1. The molecule has 2 aromatic rings. The molecule has 17 heavy (non-hydrogen) atoms. The van der Waals surface area contributed by atoms with Crippen molar-refractivity contribution >= 4 is 11.5 Å². The van der Waals surface area contributed by atoms with Crippen LogP contribution < -0.4 is 0 Å². The summed E-state index contributed by atoms with van der Waals surface area (Å²) >= 11 is 0. The van der Waals surface area contributed by atoms with Crippen molar-refractivity contribution in [3.8, 4) is 0 Å². The second-order valence-corrected chi connectivity index (χ2v) is 3.83. The van der Waals surface area contributed by atoms with Crippen LogP contribution in [0.1, 0.15) is 21.9 Å². The van der Waals surface area contributed by atoms with Crippen LogP contribution in [0.4, 0.5) is 0 Å². The van der Waals surface area contributed by atoms with E-state index in [4.69, 9.17) is 9.84 Å². The highest BCUT2D eigenvalue weighted by Gasteiger charge is 2.17. The second-order valence-electron chi connectivity index (χ2n) is 3.83. The molecule has 0 unspecified atom stereocenters. The fourth-order valence-electron chi connectivity index (χ4n) is 1.89. The number of hydrogen-bond donors (Lipinski definition) is 1. The number of carboxylic acid groups (broad SMARTS) is 1. The molecule has 0 amide bonds. The SMILES string of the molecule is COCCc1nc(C(=O)O)c2c(C)cccn12. The van der Waals surface area contributed by atoms with Crippen molar-refractivity contribution in [1.82, 2.24) is 9.38 Å². The van der Waals surface area contributed by atoms with Gasteiger partial charge in [-0.15, -0.1) is 0 Å². The Labute approximate surface area is 98.7 Å². The minimum atomic E-state index is -1.000. The smallest absolute Gasteiger partial charge is 0.356 e. The molecule has 0 saturated carbocycles. The van der Waals surface area contributed by atoms with E-state index >= 15 is 0 Å². The molecule has 0 aromatic carbocycles. The first-order chi connectivity index (χ1) is 8.15. The van der Waals surface area contributed by atoms with Gasteiger partial charge in [-0.25, -0.2) is 9.78 Å². The fraction of sp³-hybridized carbons (Fsp3) is 0.333. The molecule has 0 bridgehead atoms. The molecule has 0 aliphatic heterocycles. The summed E-state index contributed by atoms with van der Waals surface area (Å²) in [5.74, 6) is -0.289. The first-order valence-electron chi connectivity index (χ1n) is 5.34. The van der Waals surface area contributed by atoms with Crippen LogP contribution in [0, 0.1) is 6.92 Å². The largest absolute Gasteiger partial charge is 0.476 e. The number of aromatic nitrogens is 2. The van der Waals surface area contributed by atoms with Crippen LogP contribution in [0.15, 0.2) is 18.3 Å². The summed E-state index contributed by atoms with van der Waals surface area (Å²) in [5, 5.41) is 9.14. The maximum atomic E-state index is 11.1. The van der Waals surface area contributed by atoms with Gasteiger partial charge in [0.2, 0.25) is 0 Å². The van der Waals surface area contributed by atoms with E-state index in [2.05, 4.69) is 4.98 Å². The van der Waals surface area contributed by atoms with Gasteiger partial charge in [0.05, 0.1) is 12.1 Å². The molecule has 0 atom stereocenters. The van der Waals surface area contributed by atoms with E-state index in [1.807, 2.05) is 29.7 Å². The van der Waals surface area contributed by atoms with Gasteiger partial charge in [0.15, 0.2) is 5.69 Å². The number of pyridine rings is 1. The van der Waals surface area contributed by atoms with Gasteiger partial charge in [0, 0.05) is 19.7 Å². The summed E-state index contributed by atoms with van der Waals surface area (Å²) in [6, 6.07) is 3.76. The van der Waals surface area contributed by atoms with Crippen molar-refractivity contribution in [1.29, 1.82) is 0 Å². The molecule has 0 aliphatic rings. The van der Waals surface area contributed by atoms with Crippen LogP contribution in [0.2, 0.25) is 0 Å². The second kappa shape index (κ2) is 4.55. The lowest BCUT2D eigenvalue weighted by atomic mass is 10.2. The zero-order chi connectivity index (χ0) is 12.4. The summed E-state index contributed by atoms with van der Waals surface area (Å²) in [6.07, 6.45) is 2.42. The Morgan fingerprint density at radius 3 is 3.00 bits per heavy atom. The number of carboxylic acids is 1. The zero-order valence-electron chi connectivity index (χ0n) is 9.80. The van der Waals surface area contributed by atoms with Crippen molar-refractivity contribution in [2.75, 3.05) is 13.7 Å². The average molecular weight is 234 g/mol. The summed E-state index contributed by atoms with van der Waals surface area (Å²) in [6.45, 7) is 2.40. The third-order valence-corrected chi connectivity index (χ3v) is 2.67. The number of hydrogen-bond acceptors (Lipinski definition) is 3. The number of imidazole rings is 1. The molecule has 0 fully saturated rings. The van der Waals surface area contributed by atoms with Crippen molar-refractivity contribution < 1.29 is 14.6 Å². The summed E-state index contributed by atoms with van der Waals surface area (Å²) in [7, 11) is 1.61. The Morgan fingerprint density at radius 2 is 2.35 bits per heavy atom. The topological polar surface area (TPSA) is 63.8 Å². The van der Waals surface area contributed by atoms with Gasteiger partial charge in [-0.05, 0) is 18.6 Å². The number of methoxy groups -OCH3 is 1. The van der Waals surface area contributed by atoms with Crippen molar-refractivity contribution in [3.63, 3.8) is 0 Å². The van der Waals surface area contributed by atoms with Crippen LogP contribution in [-0.2, 0) is 11.2 Å². The standard InChI is InChI=1S/C12H14N2O3/c1-8-4-3-6-14-9(5-7-17-2)13-10(11(8)14)12(15)16/h3-4,6H,5,7H2,1-2H3,(H,15,16). The van der Waals surface area contributed by atoms with E-state index in [0.29, 0.717) is 24.4 Å². The van der Waals surface area contributed by atoms with E-state index in [1.54, 1.807) is 7.11 Å². The van der Waals surface area contributed by atoms with Crippen LogP contribution >= 0.6 is 0 Å². The quantitative estimate of drug-likeness (QED) is 0.871. The van der Waals surface area contributed by atoms with Crippen molar-refractivity contribution in [3.05, 3.63) is 35.4 Å². The predicted molar refractivity (Wildman–Crippen MR) is 62.5 cm³/mol. The van der Waals surface area contributed by atoms with Gasteiger partial charge >= 0.3 is 5.97 Å². The van der Waals surface area contributed by atoms with Gasteiger partial charge in [-0.1, -0.05) is 6.07 Å². The Balaban J connectivity index is 2.62. The lowest BCUT2D eigenvalue weighted by Crippen LogP contribution is -2.00. The van der Waals surface area contributed by atoms with Crippen LogP contribution in [0.3, 0.4) is 0 Å². The molecule has 2 heterocycles. The number of fused-ring (bicyclic) bond motifs is 1. The molecule has 5 heteroatoms. The van der Waals surface area contributed by atoms with Crippen LogP contribution in [0.5, 0.6) is 0 Å². The van der Waals surface area contributed by atoms with Crippen LogP contribution in [0.25, 0.3) is 5.52 Å². The first-order valence-corrected chi connectivity index (χ1v) is 5.34. The molecule has 5 nitrogen and oxygen atoms in total. The summed E-state index contributed by atoms with van der Waals surface area (Å²) in [4.78, 5) is 15.3. The maximum Gasteiger partial charge on any atom is 0.356 e. The minimum Gasteiger partial charge on any atom is -0.476 e. The predicted octanol–water partition coefficient (Wildman–Crippen LogP) is 1.53. The van der Waals surface area contributed by atoms with E-state index in [-0.39, 0.29) is 5.69 Å². The van der Waals surface area contributed by atoms with Gasteiger partial charge in [-0.2, -0.15) is 0 Å². The number of rotatable bonds is 4. The highest BCUT2D eigenvalue weighted by Crippen LogP contribution is 2.17. The number of aryl methyl sites for hydroxylation is 1. The number of nitrogens with zero attached hydrogens (tertiary/aromatic N) is 2. The highest BCUT2D eigenvalue weighted by atomic mass is 16.5. The minimum absolute atomic E-state index is 0.106. The average Bonchev–Trinajstić information content (AvgIpc) is 2.67. The third-order valence-electron chi connectivity index (χ3n) is 2.67. The van der Waals surface area contributed by atoms with Crippen molar-refractivity contribution in [2.45, 2.75) is 13.3 Å². The zero-order valence-corrected chi connectivity index (χ0v) is 9.80. The molecule has 0 aliphatic carbocycles. The molecule has 0 radical (unpaired) electrons. The fourth-order valence-corrected chi connectivity index (χ4v) is 1.89. The van der Waals surface area contributed by atoms with E-state index < -0.39 is 5.97 Å². The number of aromatic carboxylic acids is 1. The normalized spacial score (nSPS) is 10.9. The van der Waals surface area contributed by atoms with E-state index in [9.17, 15) is 4.79 Å². The summed E-state index contributed by atoms with van der Waals surface area (Å²) < 4.78 is 6.81. The first kappa shape index (κ1) is 11.6. The molecule has 1 N–H and O–H groups in total. The Hall–Kier alpha value is -1.88. The van der Waals surface area contributed by atoms with Gasteiger partial charge in [0.1, 0.15) is 5.82 Å². The molecule has 2 aromatic heterocycles.